The number of anilines is 1. The first-order chi connectivity index (χ1) is 12.9. The van der Waals surface area contributed by atoms with Gasteiger partial charge < -0.3 is 20.1 Å². The van der Waals surface area contributed by atoms with Gasteiger partial charge in [0.05, 0.1) is 13.1 Å². The highest BCUT2D eigenvalue weighted by atomic mass is 32.2. The van der Waals surface area contributed by atoms with Crippen LogP contribution in [-0.2, 0) is 12.3 Å². The SMILES string of the molecule is Cc1c(CSC(C)C)cccc1NC(=O)N1CCOc2ccc(O)cc2C1. The molecule has 3 rings (SSSR count). The highest BCUT2D eigenvalue weighted by Gasteiger charge is 2.21. The number of phenolic OH excluding ortho intramolecular Hbond substituents is 1. The normalized spacial score (nSPS) is 13.7. The van der Waals surface area contributed by atoms with E-state index in [9.17, 15) is 9.90 Å². The van der Waals surface area contributed by atoms with E-state index >= 15 is 0 Å². The van der Waals surface area contributed by atoms with Crippen molar-refractivity contribution in [1.82, 2.24) is 4.90 Å². The number of hydrogen-bond acceptors (Lipinski definition) is 4. The molecule has 2 amide bonds. The Morgan fingerprint density at radius 2 is 2.15 bits per heavy atom. The van der Waals surface area contributed by atoms with Crippen LogP contribution in [-0.4, -0.2) is 34.4 Å². The van der Waals surface area contributed by atoms with E-state index in [0.717, 1.165) is 22.6 Å². The molecule has 0 atom stereocenters. The highest BCUT2D eigenvalue weighted by molar-refractivity contribution is 7.99. The lowest BCUT2D eigenvalue weighted by Gasteiger charge is -2.22. The van der Waals surface area contributed by atoms with Gasteiger partial charge in [0.25, 0.3) is 0 Å². The Morgan fingerprint density at radius 1 is 1.33 bits per heavy atom. The summed E-state index contributed by atoms with van der Waals surface area (Å²) in [5.41, 5.74) is 3.98. The minimum absolute atomic E-state index is 0.161. The fourth-order valence-electron chi connectivity index (χ4n) is 2.98. The molecule has 0 radical (unpaired) electrons. The predicted octanol–water partition coefficient (Wildman–Crippen LogP) is 4.77. The number of urea groups is 1. The number of nitrogens with zero attached hydrogens (tertiary/aromatic N) is 1. The lowest BCUT2D eigenvalue weighted by molar-refractivity contribution is 0.200. The number of aromatic hydroxyl groups is 1. The Labute approximate surface area is 164 Å². The van der Waals surface area contributed by atoms with Crippen LogP contribution in [0.2, 0.25) is 0 Å². The molecule has 0 unspecified atom stereocenters. The van der Waals surface area contributed by atoms with Crippen molar-refractivity contribution in [2.45, 2.75) is 38.3 Å². The van der Waals surface area contributed by atoms with E-state index in [1.165, 1.54) is 5.56 Å². The van der Waals surface area contributed by atoms with Gasteiger partial charge in [0.15, 0.2) is 0 Å². The van der Waals surface area contributed by atoms with Crippen molar-refractivity contribution in [3.63, 3.8) is 0 Å². The molecule has 0 saturated carbocycles. The topological polar surface area (TPSA) is 61.8 Å². The third-order valence-corrected chi connectivity index (χ3v) is 5.72. The number of amides is 2. The average Bonchev–Trinajstić information content (AvgIpc) is 2.84. The van der Waals surface area contributed by atoms with Crippen LogP contribution in [0, 0.1) is 6.92 Å². The molecule has 144 valence electrons. The Balaban J connectivity index is 1.72. The molecule has 0 fully saturated rings. The van der Waals surface area contributed by atoms with Crippen LogP contribution in [0.15, 0.2) is 36.4 Å². The minimum Gasteiger partial charge on any atom is -0.508 e. The largest absolute Gasteiger partial charge is 0.508 e. The summed E-state index contributed by atoms with van der Waals surface area (Å²) >= 11 is 1.89. The summed E-state index contributed by atoms with van der Waals surface area (Å²) in [5.74, 6) is 1.81. The molecule has 27 heavy (non-hydrogen) atoms. The third-order valence-electron chi connectivity index (χ3n) is 4.57. The zero-order valence-corrected chi connectivity index (χ0v) is 16.8. The fraction of sp³-hybridized carbons (Fsp3) is 0.381. The number of fused-ring (bicyclic) bond motifs is 1. The summed E-state index contributed by atoms with van der Waals surface area (Å²) in [5, 5.41) is 13.3. The summed E-state index contributed by atoms with van der Waals surface area (Å²) in [7, 11) is 0. The molecule has 1 aliphatic heterocycles. The van der Waals surface area contributed by atoms with Crippen molar-refractivity contribution in [1.29, 1.82) is 0 Å². The van der Waals surface area contributed by atoms with E-state index in [4.69, 9.17) is 4.74 Å². The molecular formula is C21H26N2O3S. The first-order valence-corrected chi connectivity index (χ1v) is 10.2. The van der Waals surface area contributed by atoms with Gasteiger partial charge in [0.2, 0.25) is 0 Å². The van der Waals surface area contributed by atoms with Crippen LogP contribution in [0.4, 0.5) is 10.5 Å². The summed E-state index contributed by atoms with van der Waals surface area (Å²) in [4.78, 5) is 14.5. The van der Waals surface area contributed by atoms with Crippen molar-refractivity contribution in [2.24, 2.45) is 0 Å². The number of nitrogens with one attached hydrogen (secondary N) is 1. The second-order valence-corrected chi connectivity index (χ2v) is 8.51. The number of carbonyl (C=O) groups is 1. The van der Waals surface area contributed by atoms with Gasteiger partial charge in [-0.25, -0.2) is 4.79 Å². The summed E-state index contributed by atoms with van der Waals surface area (Å²) in [6, 6.07) is 10.9. The maximum Gasteiger partial charge on any atom is 0.322 e. The molecule has 1 heterocycles. The van der Waals surface area contributed by atoms with Gasteiger partial charge >= 0.3 is 6.03 Å². The molecule has 0 saturated heterocycles. The first-order valence-electron chi connectivity index (χ1n) is 9.14. The van der Waals surface area contributed by atoms with E-state index in [1.54, 1.807) is 23.1 Å². The predicted molar refractivity (Wildman–Crippen MR) is 111 cm³/mol. The van der Waals surface area contributed by atoms with Gasteiger partial charge in [-0.2, -0.15) is 11.8 Å². The van der Waals surface area contributed by atoms with Gasteiger partial charge in [-0.3, -0.25) is 0 Å². The summed E-state index contributed by atoms with van der Waals surface area (Å²) in [6.45, 7) is 7.73. The highest BCUT2D eigenvalue weighted by Crippen LogP contribution is 2.28. The maximum absolute atomic E-state index is 12.8. The Hall–Kier alpha value is -2.34. The fourth-order valence-corrected chi connectivity index (χ4v) is 3.81. The standard InChI is InChI=1S/C21H26N2O3S/c1-14(2)27-13-16-5-4-6-19(15(16)3)22-21(25)23-9-10-26-20-8-7-18(24)11-17(20)12-23/h4-8,11,14,24H,9-10,12-13H2,1-3H3,(H,22,25). The van der Waals surface area contributed by atoms with Gasteiger partial charge in [0, 0.05) is 17.0 Å². The number of benzene rings is 2. The summed E-state index contributed by atoms with van der Waals surface area (Å²) < 4.78 is 5.70. The number of thioether (sulfide) groups is 1. The van der Waals surface area contributed by atoms with Crippen molar-refractivity contribution >= 4 is 23.5 Å². The number of phenols is 1. The molecule has 0 aliphatic carbocycles. The molecule has 0 spiro atoms. The lowest BCUT2D eigenvalue weighted by Crippen LogP contribution is -2.36. The zero-order valence-electron chi connectivity index (χ0n) is 16.0. The Kier molecular flexibility index (Phi) is 6.16. The minimum atomic E-state index is -0.161. The van der Waals surface area contributed by atoms with Gasteiger partial charge in [-0.1, -0.05) is 26.0 Å². The van der Waals surface area contributed by atoms with E-state index in [2.05, 4.69) is 25.2 Å². The van der Waals surface area contributed by atoms with Crippen LogP contribution in [0.5, 0.6) is 11.5 Å². The molecule has 2 aromatic rings. The molecule has 1 aliphatic rings. The van der Waals surface area contributed by atoms with E-state index < -0.39 is 0 Å². The molecule has 6 heteroatoms. The monoisotopic (exact) mass is 386 g/mol. The smallest absolute Gasteiger partial charge is 0.322 e. The molecule has 0 aromatic heterocycles. The average molecular weight is 387 g/mol. The van der Waals surface area contributed by atoms with Gasteiger partial charge in [-0.15, -0.1) is 0 Å². The second kappa shape index (κ2) is 8.57. The maximum atomic E-state index is 12.8. The Bertz CT molecular complexity index is 823. The first kappa shape index (κ1) is 19.4. The summed E-state index contributed by atoms with van der Waals surface area (Å²) in [6.07, 6.45) is 0. The third kappa shape index (κ3) is 4.89. The van der Waals surface area contributed by atoms with Gasteiger partial charge in [0.1, 0.15) is 18.1 Å². The number of ether oxygens (including phenoxy) is 1. The van der Waals surface area contributed by atoms with E-state index in [-0.39, 0.29) is 11.8 Å². The molecule has 2 aromatic carbocycles. The van der Waals surface area contributed by atoms with Crippen molar-refractivity contribution in [3.05, 3.63) is 53.1 Å². The number of hydrogen-bond donors (Lipinski definition) is 2. The van der Waals surface area contributed by atoms with Crippen molar-refractivity contribution in [2.75, 3.05) is 18.5 Å². The Morgan fingerprint density at radius 3 is 2.93 bits per heavy atom. The van der Waals surface area contributed by atoms with E-state index in [0.29, 0.717) is 30.7 Å². The lowest BCUT2D eigenvalue weighted by atomic mass is 10.1. The van der Waals surface area contributed by atoms with Crippen LogP contribution in [0.1, 0.15) is 30.5 Å². The van der Waals surface area contributed by atoms with Crippen LogP contribution < -0.4 is 10.1 Å². The number of carbonyl (C=O) groups excluding carboxylic acids is 1. The van der Waals surface area contributed by atoms with Crippen LogP contribution in [0.3, 0.4) is 0 Å². The molecule has 2 N–H and O–H groups in total. The van der Waals surface area contributed by atoms with Crippen LogP contribution >= 0.6 is 11.8 Å². The van der Waals surface area contributed by atoms with Crippen LogP contribution in [0.25, 0.3) is 0 Å². The number of rotatable bonds is 4. The zero-order chi connectivity index (χ0) is 19.4. The quantitative estimate of drug-likeness (QED) is 0.795. The molecular weight excluding hydrogens is 360 g/mol. The van der Waals surface area contributed by atoms with Crippen molar-refractivity contribution in [3.8, 4) is 11.5 Å². The van der Waals surface area contributed by atoms with Crippen molar-refractivity contribution < 1.29 is 14.6 Å². The molecule has 0 bridgehead atoms. The molecule has 5 nitrogen and oxygen atoms in total. The van der Waals surface area contributed by atoms with E-state index in [1.807, 2.05) is 30.8 Å². The second-order valence-electron chi connectivity index (χ2n) is 6.94. The van der Waals surface area contributed by atoms with Gasteiger partial charge in [-0.05, 0) is 47.6 Å².